The molecule has 38 heavy (non-hydrogen) atoms. The van der Waals surface area contributed by atoms with Gasteiger partial charge in [-0.05, 0) is 41.9 Å². The van der Waals surface area contributed by atoms with Crippen LogP contribution in [0.2, 0.25) is 0 Å². The molecule has 0 bridgehead atoms. The molecule has 2 unspecified atom stereocenters. The summed E-state index contributed by atoms with van der Waals surface area (Å²) in [5, 5.41) is -0.569. The maximum Gasteiger partial charge on any atom is 0.324 e. The van der Waals surface area contributed by atoms with Crippen LogP contribution in [-0.4, -0.2) is 34.5 Å². The average molecular weight is 537 g/mol. The highest BCUT2D eigenvalue weighted by atomic mass is 35.5. The number of halogens is 1. The fourth-order valence-electron chi connectivity index (χ4n) is 4.08. The first-order valence-electron chi connectivity index (χ1n) is 14.0. The topological polar surface area (TPSA) is 61.3 Å². The molecule has 6 heteroatoms. The summed E-state index contributed by atoms with van der Waals surface area (Å²) in [7, 11) is 0. The van der Waals surface area contributed by atoms with E-state index in [9.17, 15) is 4.79 Å². The van der Waals surface area contributed by atoms with Crippen molar-refractivity contribution in [1.29, 1.82) is 0 Å². The van der Waals surface area contributed by atoms with Gasteiger partial charge in [0.25, 0.3) is 0 Å². The van der Waals surface area contributed by atoms with E-state index in [0.717, 1.165) is 42.4 Å². The van der Waals surface area contributed by atoms with E-state index in [1.165, 1.54) is 31.2 Å². The van der Waals surface area contributed by atoms with Crippen molar-refractivity contribution in [2.45, 2.75) is 77.5 Å². The standard InChI is InChI=1S/C32H41ClN2O3/c1-4-6-7-8-9-20-37-29-22-34-31(35-23-29)28-18-16-27(17-19-28)26-14-12-25(13-15-26)11-10-21-38-32(36)30(33)24(3)5-2/h12-19,22-24,30H,4-11,20-21H2,1-3H3. The van der Waals surface area contributed by atoms with Crippen LogP contribution in [-0.2, 0) is 16.0 Å². The Morgan fingerprint density at radius 3 is 2.05 bits per heavy atom. The third-order valence-electron chi connectivity index (χ3n) is 6.80. The van der Waals surface area contributed by atoms with E-state index in [1.54, 1.807) is 12.4 Å². The Morgan fingerprint density at radius 2 is 1.42 bits per heavy atom. The lowest BCUT2D eigenvalue weighted by Gasteiger charge is -2.15. The summed E-state index contributed by atoms with van der Waals surface area (Å²) >= 11 is 6.15. The third-order valence-corrected chi connectivity index (χ3v) is 7.41. The van der Waals surface area contributed by atoms with Crippen molar-refractivity contribution in [3.05, 3.63) is 66.5 Å². The van der Waals surface area contributed by atoms with Crippen LogP contribution >= 0.6 is 11.6 Å². The van der Waals surface area contributed by atoms with Crippen LogP contribution in [0.5, 0.6) is 5.75 Å². The van der Waals surface area contributed by atoms with E-state index in [0.29, 0.717) is 24.8 Å². The SMILES string of the molecule is CCCCCCCOc1cnc(-c2ccc(-c3ccc(CCCOC(=O)C(Cl)C(C)CC)cc3)cc2)nc1. The normalized spacial score (nSPS) is 12.6. The highest BCUT2D eigenvalue weighted by Gasteiger charge is 2.22. The Balaban J connectivity index is 1.44. The first kappa shape index (κ1) is 29.6. The molecule has 2 aromatic carbocycles. The van der Waals surface area contributed by atoms with Crippen LogP contribution in [0.25, 0.3) is 22.5 Å². The lowest BCUT2D eigenvalue weighted by Crippen LogP contribution is -2.24. The molecule has 0 fully saturated rings. The van der Waals surface area contributed by atoms with Gasteiger partial charge in [0.2, 0.25) is 0 Å². The van der Waals surface area contributed by atoms with Gasteiger partial charge in [0.1, 0.15) is 5.38 Å². The molecule has 0 aliphatic rings. The molecule has 1 aromatic heterocycles. The largest absolute Gasteiger partial charge is 0.490 e. The van der Waals surface area contributed by atoms with Crippen LogP contribution in [0.4, 0.5) is 0 Å². The Bertz CT molecular complexity index is 1090. The number of carbonyl (C=O) groups is 1. The van der Waals surface area contributed by atoms with Crippen LogP contribution in [0.3, 0.4) is 0 Å². The Kier molecular flexibility index (Phi) is 12.6. The minimum atomic E-state index is -0.569. The van der Waals surface area contributed by atoms with Crippen molar-refractivity contribution in [3.8, 4) is 28.3 Å². The molecule has 1 heterocycles. The third kappa shape index (κ3) is 9.43. The molecule has 0 aliphatic heterocycles. The molecule has 0 saturated heterocycles. The summed E-state index contributed by atoms with van der Waals surface area (Å²) in [6.07, 6.45) is 12.0. The quantitative estimate of drug-likeness (QED) is 0.105. The molecule has 0 aliphatic carbocycles. The van der Waals surface area contributed by atoms with Crippen molar-refractivity contribution in [3.63, 3.8) is 0 Å². The number of nitrogens with zero attached hydrogens (tertiary/aromatic N) is 2. The van der Waals surface area contributed by atoms with Gasteiger partial charge in [0.05, 0.1) is 25.6 Å². The molecule has 0 amide bonds. The number of hydrogen-bond donors (Lipinski definition) is 0. The summed E-state index contributed by atoms with van der Waals surface area (Å²) < 4.78 is 11.1. The van der Waals surface area contributed by atoms with Crippen molar-refractivity contribution < 1.29 is 14.3 Å². The van der Waals surface area contributed by atoms with Crippen molar-refractivity contribution in [1.82, 2.24) is 9.97 Å². The predicted molar refractivity (Wildman–Crippen MR) is 156 cm³/mol. The van der Waals surface area contributed by atoms with Crippen molar-refractivity contribution in [2.75, 3.05) is 13.2 Å². The number of unbranched alkanes of at least 4 members (excludes halogenated alkanes) is 4. The number of hydrogen-bond acceptors (Lipinski definition) is 5. The summed E-state index contributed by atoms with van der Waals surface area (Å²) in [6, 6.07) is 16.8. The minimum absolute atomic E-state index is 0.119. The van der Waals surface area contributed by atoms with E-state index >= 15 is 0 Å². The zero-order chi connectivity index (χ0) is 27.2. The molecule has 2 atom stereocenters. The molecular weight excluding hydrogens is 496 g/mol. The number of benzene rings is 2. The monoisotopic (exact) mass is 536 g/mol. The molecule has 0 spiro atoms. The van der Waals surface area contributed by atoms with Crippen LogP contribution in [0.1, 0.15) is 71.3 Å². The van der Waals surface area contributed by atoms with Gasteiger partial charge in [-0.2, -0.15) is 0 Å². The molecule has 3 aromatic rings. The lowest BCUT2D eigenvalue weighted by molar-refractivity contribution is -0.144. The van der Waals surface area contributed by atoms with Gasteiger partial charge in [-0.3, -0.25) is 4.79 Å². The molecule has 0 N–H and O–H groups in total. The van der Waals surface area contributed by atoms with Crippen LogP contribution in [0.15, 0.2) is 60.9 Å². The summed E-state index contributed by atoms with van der Waals surface area (Å²) in [6.45, 7) is 7.30. The summed E-state index contributed by atoms with van der Waals surface area (Å²) in [5.74, 6) is 1.21. The van der Waals surface area contributed by atoms with Crippen LogP contribution in [0, 0.1) is 5.92 Å². The lowest BCUT2D eigenvalue weighted by atomic mass is 10.0. The maximum absolute atomic E-state index is 12.0. The number of carbonyl (C=O) groups excluding carboxylic acids is 1. The Morgan fingerprint density at radius 1 is 0.816 bits per heavy atom. The first-order chi connectivity index (χ1) is 18.5. The van der Waals surface area contributed by atoms with Gasteiger partial charge in [-0.25, -0.2) is 9.97 Å². The average Bonchev–Trinajstić information content (AvgIpc) is 2.97. The maximum atomic E-state index is 12.0. The van der Waals surface area contributed by atoms with Gasteiger partial charge in [0, 0.05) is 5.56 Å². The number of ether oxygens (including phenoxy) is 2. The van der Waals surface area contributed by atoms with E-state index in [2.05, 4.69) is 53.3 Å². The molecule has 0 saturated carbocycles. The molecular formula is C32H41ClN2O3. The summed E-state index contributed by atoms with van der Waals surface area (Å²) in [4.78, 5) is 21.0. The fraction of sp³-hybridized carbons (Fsp3) is 0.469. The fourth-order valence-corrected chi connectivity index (χ4v) is 4.32. The van der Waals surface area contributed by atoms with Gasteiger partial charge in [0.15, 0.2) is 11.6 Å². The number of rotatable bonds is 16. The summed E-state index contributed by atoms with van der Waals surface area (Å²) in [5.41, 5.74) is 4.46. The first-order valence-corrected chi connectivity index (χ1v) is 14.4. The van der Waals surface area contributed by atoms with Crippen LogP contribution < -0.4 is 4.74 Å². The molecule has 3 rings (SSSR count). The highest BCUT2D eigenvalue weighted by molar-refractivity contribution is 6.30. The zero-order valence-electron chi connectivity index (χ0n) is 23.0. The molecule has 204 valence electrons. The van der Waals surface area contributed by atoms with E-state index < -0.39 is 5.38 Å². The molecule has 5 nitrogen and oxygen atoms in total. The van der Waals surface area contributed by atoms with E-state index in [4.69, 9.17) is 21.1 Å². The second-order valence-electron chi connectivity index (χ2n) is 9.84. The van der Waals surface area contributed by atoms with Gasteiger partial charge in [-0.15, -0.1) is 11.6 Å². The number of esters is 1. The van der Waals surface area contributed by atoms with E-state index in [1.807, 2.05) is 26.0 Å². The number of alkyl halides is 1. The predicted octanol–water partition coefficient (Wildman–Crippen LogP) is 8.29. The number of aryl methyl sites for hydroxylation is 1. The molecule has 0 radical (unpaired) electrons. The van der Waals surface area contributed by atoms with E-state index in [-0.39, 0.29) is 11.9 Å². The number of aromatic nitrogens is 2. The Hall–Kier alpha value is -2.92. The highest BCUT2D eigenvalue weighted by Crippen LogP contribution is 2.24. The van der Waals surface area contributed by atoms with Gasteiger partial charge < -0.3 is 9.47 Å². The zero-order valence-corrected chi connectivity index (χ0v) is 23.8. The minimum Gasteiger partial charge on any atom is -0.490 e. The van der Waals surface area contributed by atoms with Crippen molar-refractivity contribution in [2.24, 2.45) is 5.92 Å². The smallest absolute Gasteiger partial charge is 0.324 e. The second-order valence-corrected chi connectivity index (χ2v) is 10.3. The van der Waals surface area contributed by atoms with Crippen molar-refractivity contribution >= 4 is 17.6 Å². The Labute approximate surface area is 233 Å². The second kappa shape index (κ2) is 16.1. The van der Waals surface area contributed by atoms with Gasteiger partial charge >= 0.3 is 5.97 Å². The van der Waals surface area contributed by atoms with Gasteiger partial charge in [-0.1, -0.05) is 101 Å².